The number of nitrogens with zero attached hydrogens (tertiary/aromatic N) is 2. The quantitative estimate of drug-likeness (QED) is 0.782. The fraction of sp³-hybridized carbons (Fsp3) is 0.714. The van der Waals surface area contributed by atoms with Crippen molar-refractivity contribution in [2.45, 2.75) is 64.1 Å². The Kier molecular flexibility index (Phi) is 4.24. The molecule has 0 spiro atoms. The van der Waals surface area contributed by atoms with E-state index < -0.39 is 0 Å². The van der Waals surface area contributed by atoms with Crippen molar-refractivity contribution in [2.75, 3.05) is 10.6 Å². The van der Waals surface area contributed by atoms with Crippen LogP contribution in [0, 0.1) is 0 Å². The second kappa shape index (κ2) is 5.74. The number of aromatic nitrogens is 2. The van der Waals surface area contributed by atoms with Crippen molar-refractivity contribution in [3.05, 3.63) is 12.3 Å². The molecule has 1 heterocycles. The highest BCUT2D eigenvalue weighted by molar-refractivity contribution is 5.41. The molecule has 1 saturated carbocycles. The largest absolute Gasteiger partial charge is 0.393 e. The first kappa shape index (κ1) is 14.1. The zero-order valence-corrected chi connectivity index (χ0v) is 12.0. The maximum absolute atomic E-state index is 9.50. The average Bonchev–Trinajstić information content (AvgIpc) is 2.30. The van der Waals surface area contributed by atoms with Crippen molar-refractivity contribution in [1.29, 1.82) is 0 Å². The summed E-state index contributed by atoms with van der Waals surface area (Å²) in [4.78, 5) is 8.73. The van der Waals surface area contributed by atoms with E-state index in [1.54, 1.807) is 6.20 Å². The molecule has 0 atom stereocenters. The van der Waals surface area contributed by atoms with Gasteiger partial charge in [-0.3, -0.25) is 0 Å². The maximum atomic E-state index is 9.50. The number of aliphatic hydroxyl groups excluding tert-OH is 1. The molecule has 0 radical (unpaired) electrons. The van der Waals surface area contributed by atoms with Crippen LogP contribution >= 0.6 is 0 Å². The van der Waals surface area contributed by atoms with Crippen LogP contribution in [0.3, 0.4) is 0 Å². The molecular weight excluding hydrogens is 240 g/mol. The van der Waals surface area contributed by atoms with Crippen molar-refractivity contribution in [3.63, 3.8) is 0 Å². The summed E-state index contributed by atoms with van der Waals surface area (Å²) in [5.41, 5.74) is -0.0133. The van der Waals surface area contributed by atoms with Gasteiger partial charge in [-0.05, 0) is 52.5 Å². The van der Waals surface area contributed by atoms with Gasteiger partial charge in [0.1, 0.15) is 5.82 Å². The molecule has 3 N–H and O–H groups in total. The minimum atomic E-state index is -0.132. The molecule has 0 saturated heterocycles. The normalized spacial score (nSPS) is 24.0. The van der Waals surface area contributed by atoms with Crippen LogP contribution in [0.25, 0.3) is 0 Å². The molecule has 1 aromatic rings. The highest BCUT2D eigenvalue weighted by Gasteiger charge is 2.20. The predicted octanol–water partition coefficient (Wildman–Crippen LogP) is 2.40. The molecule has 5 heteroatoms. The van der Waals surface area contributed by atoms with Gasteiger partial charge in [0.2, 0.25) is 5.95 Å². The van der Waals surface area contributed by atoms with Crippen LogP contribution in [-0.4, -0.2) is 32.8 Å². The Balaban J connectivity index is 1.95. The molecule has 1 aromatic heterocycles. The van der Waals surface area contributed by atoms with E-state index >= 15 is 0 Å². The minimum absolute atomic E-state index is 0.0133. The van der Waals surface area contributed by atoms with Gasteiger partial charge in [0.15, 0.2) is 0 Å². The van der Waals surface area contributed by atoms with Gasteiger partial charge in [0.25, 0.3) is 0 Å². The van der Waals surface area contributed by atoms with E-state index in [4.69, 9.17) is 0 Å². The standard InChI is InChI=1S/C14H24N4O/c1-14(2,3)18-12-8-9-15-13(17-12)16-10-4-6-11(19)7-5-10/h8-11,19H,4-7H2,1-3H3,(H2,15,16,17,18). The summed E-state index contributed by atoms with van der Waals surface area (Å²) in [6, 6.07) is 2.24. The zero-order chi connectivity index (χ0) is 13.9. The molecule has 0 unspecified atom stereocenters. The molecular formula is C14H24N4O. The van der Waals surface area contributed by atoms with Crippen molar-refractivity contribution < 1.29 is 5.11 Å². The molecule has 2 rings (SSSR count). The topological polar surface area (TPSA) is 70.1 Å². The van der Waals surface area contributed by atoms with Crippen LogP contribution in [0.1, 0.15) is 46.5 Å². The average molecular weight is 264 g/mol. The molecule has 19 heavy (non-hydrogen) atoms. The molecule has 1 aliphatic rings. The zero-order valence-electron chi connectivity index (χ0n) is 12.0. The number of hydrogen-bond acceptors (Lipinski definition) is 5. The van der Waals surface area contributed by atoms with Crippen LogP contribution in [-0.2, 0) is 0 Å². The lowest BCUT2D eigenvalue weighted by Gasteiger charge is -2.26. The van der Waals surface area contributed by atoms with Crippen LogP contribution in [0.4, 0.5) is 11.8 Å². The monoisotopic (exact) mass is 264 g/mol. The Morgan fingerprint density at radius 2 is 1.89 bits per heavy atom. The second-order valence-electron chi connectivity index (χ2n) is 6.29. The number of nitrogens with one attached hydrogen (secondary N) is 2. The summed E-state index contributed by atoms with van der Waals surface area (Å²) in [5.74, 6) is 1.50. The first-order chi connectivity index (χ1) is 8.92. The summed E-state index contributed by atoms with van der Waals surface area (Å²) >= 11 is 0. The fourth-order valence-electron chi connectivity index (χ4n) is 2.28. The van der Waals surface area contributed by atoms with E-state index in [1.165, 1.54) is 0 Å². The molecule has 0 aliphatic heterocycles. The van der Waals surface area contributed by atoms with E-state index in [1.807, 2.05) is 6.07 Å². The SMILES string of the molecule is CC(C)(C)Nc1ccnc(NC2CCC(O)CC2)n1. The van der Waals surface area contributed by atoms with Crippen molar-refractivity contribution in [1.82, 2.24) is 9.97 Å². The summed E-state index contributed by atoms with van der Waals surface area (Å²) in [6.45, 7) is 6.31. The minimum Gasteiger partial charge on any atom is -0.393 e. The van der Waals surface area contributed by atoms with Crippen molar-refractivity contribution in [2.24, 2.45) is 0 Å². The lowest BCUT2D eigenvalue weighted by molar-refractivity contribution is 0.126. The maximum Gasteiger partial charge on any atom is 0.224 e. The lowest BCUT2D eigenvalue weighted by atomic mass is 9.93. The van der Waals surface area contributed by atoms with Crippen LogP contribution in [0.2, 0.25) is 0 Å². The Labute approximate surface area is 114 Å². The third-order valence-corrected chi connectivity index (χ3v) is 3.19. The third kappa shape index (κ3) is 4.67. The molecule has 0 aromatic carbocycles. The van der Waals surface area contributed by atoms with Gasteiger partial charge in [0, 0.05) is 17.8 Å². The summed E-state index contributed by atoms with van der Waals surface area (Å²) < 4.78 is 0. The summed E-state index contributed by atoms with van der Waals surface area (Å²) in [6.07, 6.45) is 5.30. The second-order valence-corrected chi connectivity index (χ2v) is 6.29. The van der Waals surface area contributed by atoms with Gasteiger partial charge < -0.3 is 15.7 Å². The predicted molar refractivity (Wildman–Crippen MR) is 77.3 cm³/mol. The van der Waals surface area contributed by atoms with Gasteiger partial charge in [0.05, 0.1) is 6.10 Å². The molecule has 5 nitrogen and oxygen atoms in total. The van der Waals surface area contributed by atoms with Gasteiger partial charge in [-0.15, -0.1) is 0 Å². The Morgan fingerprint density at radius 3 is 2.53 bits per heavy atom. The highest BCUT2D eigenvalue weighted by Crippen LogP contribution is 2.21. The van der Waals surface area contributed by atoms with E-state index in [9.17, 15) is 5.11 Å². The highest BCUT2D eigenvalue weighted by atomic mass is 16.3. The number of aliphatic hydroxyl groups is 1. The van der Waals surface area contributed by atoms with Crippen LogP contribution in [0.5, 0.6) is 0 Å². The van der Waals surface area contributed by atoms with E-state index in [0.717, 1.165) is 31.5 Å². The Morgan fingerprint density at radius 1 is 1.21 bits per heavy atom. The van der Waals surface area contributed by atoms with Crippen molar-refractivity contribution >= 4 is 11.8 Å². The van der Waals surface area contributed by atoms with Gasteiger partial charge in [-0.2, -0.15) is 4.98 Å². The molecule has 1 fully saturated rings. The molecule has 1 aliphatic carbocycles. The van der Waals surface area contributed by atoms with Crippen LogP contribution < -0.4 is 10.6 Å². The third-order valence-electron chi connectivity index (χ3n) is 3.19. The Bertz CT molecular complexity index is 408. The number of anilines is 2. The smallest absolute Gasteiger partial charge is 0.224 e. The van der Waals surface area contributed by atoms with Crippen molar-refractivity contribution in [3.8, 4) is 0 Å². The molecule has 0 bridgehead atoms. The molecule has 106 valence electrons. The van der Waals surface area contributed by atoms with E-state index in [-0.39, 0.29) is 11.6 Å². The first-order valence-electron chi connectivity index (χ1n) is 6.98. The number of hydrogen-bond donors (Lipinski definition) is 3. The van der Waals surface area contributed by atoms with Gasteiger partial charge in [-0.1, -0.05) is 0 Å². The summed E-state index contributed by atoms with van der Waals surface area (Å²) in [7, 11) is 0. The van der Waals surface area contributed by atoms with Crippen LogP contribution in [0.15, 0.2) is 12.3 Å². The number of rotatable bonds is 3. The van der Waals surface area contributed by atoms with E-state index in [0.29, 0.717) is 12.0 Å². The molecule has 0 amide bonds. The fourth-order valence-corrected chi connectivity index (χ4v) is 2.28. The lowest BCUT2D eigenvalue weighted by Crippen LogP contribution is -2.29. The summed E-state index contributed by atoms with van der Waals surface area (Å²) in [5, 5.41) is 16.2. The van der Waals surface area contributed by atoms with Gasteiger partial charge in [-0.25, -0.2) is 4.98 Å². The first-order valence-corrected chi connectivity index (χ1v) is 6.98. The van der Waals surface area contributed by atoms with E-state index in [2.05, 4.69) is 41.4 Å². The Hall–Kier alpha value is -1.36. The van der Waals surface area contributed by atoms with Gasteiger partial charge >= 0.3 is 0 Å².